The number of thiophene rings is 1. The largest absolute Gasteiger partial charge is 0.380 e. The Morgan fingerprint density at radius 1 is 1.13 bits per heavy atom. The van der Waals surface area contributed by atoms with Crippen molar-refractivity contribution >= 4 is 57.1 Å². The van der Waals surface area contributed by atoms with E-state index >= 15 is 0 Å². The average Bonchev–Trinajstić information content (AvgIpc) is 3.62. The molecule has 196 valence electrons. The molecule has 1 aliphatic heterocycles. The first-order valence-corrected chi connectivity index (χ1v) is 13.3. The van der Waals surface area contributed by atoms with Crippen LogP contribution in [-0.4, -0.2) is 40.2 Å². The lowest BCUT2D eigenvalue weighted by atomic mass is 10.1. The van der Waals surface area contributed by atoms with Gasteiger partial charge in [-0.2, -0.15) is 5.26 Å². The number of para-hydroxylation sites is 1. The smallest absolute Gasteiger partial charge is 0.267 e. The molecule has 4 aromatic rings. The lowest BCUT2D eigenvalue weighted by Crippen LogP contribution is -2.46. The third-order valence-corrected chi connectivity index (χ3v) is 7.38. The van der Waals surface area contributed by atoms with Crippen LogP contribution in [-0.2, 0) is 11.3 Å². The standard InChI is InChI=1S/C28H26N8O2S/c29-17-33-28(36-13-4-9-24(36)26(30)37)35-20-6-3-5-19(15-20)34-27(38)25-23(11-14-39-25)32-16-18-10-12-31-22-8-2-1-7-21(18)22/h1-3,5-8,10-12,14-15,24,32H,4,9,13,16H2,(H2,30,37)(H,33,35)(H,34,38). The highest BCUT2D eigenvalue weighted by Crippen LogP contribution is 2.26. The minimum atomic E-state index is -0.526. The van der Waals surface area contributed by atoms with E-state index in [1.54, 1.807) is 41.6 Å². The van der Waals surface area contributed by atoms with Crippen molar-refractivity contribution in [2.24, 2.45) is 10.7 Å². The maximum absolute atomic E-state index is 13.2. The summed E-state index contributed by atoms with van der Waals surface area (Å²) < 4.78 is 0. The van der Waals surface area contributed by atoms with E-state index in [9.17, 15) is 14.9 Å². The van der Waals surface area contributed by atoms with E-state index in [4.69, 9.17) is 5.73 Å². The summed E-state index contributed by atoms with van der Waals surface area (Å²) in [5, 5.41) is 21.5. The lowest BCUT2D eigenvalue weighted by Gasteiger charge is -2.25. The maximum atomic E-state index is 13.2. The quantitative estimate of drug-likeness (QED) is 0.155. The van der Waals surface area contributed by atoms with Crippen LogP contribution in [0.2, 0.25) is 0 Å². The normalized spacial score (nSPS) is 15.1. The number of guanidine groups is 1. The molecule has 10 nitrogen and oxygen atoms in total. The van der Waals surface area contributed by atoms with Crippen molar-refractivity contribution in [3.05, 3.63) is 82.7 Å². The Kier molecular flexibility index (Phi) is 7.65. The predicted molar refractivity (Wildman–Crippen MR) is 153 cm³/mol. The summed E-state index contributed by atoms with van der Waals surface area (Å²) in [6.07, 6.45) is 4.94. The highest BCUT2D eigenvalue weighted by Gasteiger charge is 2.31. The number of aromatic nitrogens is 1. The fourth-order valence-corrected chi connectivity index (χ4v) is 5.41. The number of fused-ring (bicyclic) bond motifs is 1. The maximum Gasteiger partial charge on any atom is 0.267 e. The van der Waals surface area contributed by atoms with Gasteiger partial charge < -0.3 is 26.6 Å². The number of benzene rings is 2. The molecule has 11 heteroatoms. The first-order chi connectivity index (χ1) is 19.0. The Bertz CT molecular complexity index is 1590. The number of pyridine rings is 1. The van der Waals surface area contributed by atoms with Gasteiger partial charge in [0.2, 0.25) is 18.1 Å². The zero-order valence-electron chi connectivity index (χ0n) is 20.9. The van der Waals surface area contributed by atoms with Crippen LogP contribution in [0.15, 0.2) is 77.2 Å². The zero-order valence-corrected chi connectivity index (χ0v) is 21.7. The molecule has 2 aromatic carbocycles. The first kappa shape index (κ1) is 25.7. The van der Waals surface area contributed by atoms with Crippen LogP contribution in [0.4, 0.5) is 17.1 Å². The number of nitrogens with two attached hydrogens (primary N) is 1. The van der Waals surface area contributed by atoms with Gasteiger partial charge in [-0.25, -0.2) is 0 Å². The highest BCUT2D eigenvalue weighted by molar-refractivity contribution is 7.12. The summed E-state index contributed by atoms with van der Waals surface area (Å²) in [5.74, 6) is -0.461. The molecule has 1 saturated heterocycles. The van der Waals surface area contributed by atoms with Crippen molar-refractivity contribution < 1.29 is 9.59 Å². The summed E-state index contributed by atoms with van der Waals surface area (Å²) in [7, 11) is 0. The fraction of sp³-hybridized carbons (Fsp3) is 0.179. The molecule has 5 rings (SSSR count). The van der Waals surface area contributed by atoms with Gasteiger partial charge in [-0.05, 0) is 60.2 Å². The van der Waals surface area contributed by atoms with Crippen molar-refractivity contribution in [3.63, 3.8) is 0 Å². The predicted octanol–water partition coefficient (Wildman–Crippen LogP) is 4.36. The minimum absolute atomic E-state index is 0.246. The number of carbonyl (C=O) groups is 2. The van der Waals surface area contributed by atoms with E-state index in [1.807, 2.05) is 41.8 Å². The Labute approximate surface area is 229 Å². The van der Waals surface area contributed by atoms with Crippen molar-refractivity contribution in [2.45, 2.75) is 25.4 Å². The van der Waals surface area contributed by atoms with E-state index in [-0.39, 0.29) is 11.9 Å². The number of likely N-dealkylation sites (tertiary alicyclic amines) is 1. The van der Waals surface area contributed by atoms with Gasteiger partial charge in [0, 0.05) is 36.0 Å². The second kappa shape index (κ2) is 11.6. The van der Waals surface area contributed by atoms with Crippen molar-refractivity contribution in [1.82, 2.24) is 9.88 Å². The molecule has 0 aliphatic carbocycles. The van der Waals surface area contributed by atoms with Crippen LogP contribution >= 0.6 is 11.3 Å². The second-order valence-electron chi connectivity index (χ2n) is 8.95. The Balaban J connectivity index is 1.27. The molecular formula is C28H26N8O2S. The molecule has 1 unspecified atom stereocenters. The van der Waals surface area contributed by atoms with Crippen molar-refractivity contribution in [2.75, 3.05) is 22.5 Å². The number of rotatable bonds is 7. The average molecular weight is 539 g/mol. The number of anilines is 3. The second-order valence-corrected chi connectivity index (χ2v) is 9.87. The van der Waals surface area contributed by atoms with Crippen molar-refractivity contribution in [3.8, 4) is 6.19 Å². The van der Waals surface area contributed by atoms with Gasteiger partial charge in [0.05, 0.1) is 11.2 Å². The minimum Gasteiger partial charge on any atom is -0.380 e. The first-order valence-electron chi connectivity index (χ1n) is 12.4. The number of carbonyl (C=O) groups excluding carboxylic acids is 2. The number of hydrogen-bond donors (Lipinski definition) is 4. The van der Waals surface area contributed by atoms with Gasteiger partial charge >= 0.3 is 0 Å². The molecule has 3 heterocycles. The molecule has 0 spiro atoms. The molecule has 5 N–H and O–H groups in total. The topological polar surface area (TPSA) is 149 Å². The Morgan fingerprint density at radius 3 is 2.77 bits per heavy atom. The van der Waals surface area contributed by atoms with Crippen LogP contribution in [0, 0.1) is 11.5 Å². The molecule has 0 bridgehead atoms. The molecule has 39 heavy (non-hydrogen) atoms. The number of amides is 2. The SMILES string of the molecule is N#CN=C(Nc1cccc(NC(=O)c2sccc2NCc2ccnc3ccccc23)c1)N1CCCC1C(N)=O. The van der Waals surface area contributed by atoms with Crippen LogP contribution < -0.4 is 21.7 Å². The van der Waals surface area contributed by atoms with Gasteiger partial charge in [0.1, 0.15) is 10.9 Å². The van der Waals surface area contributed by atoms with Crippen LogP contribution in [0.1, 0.15) is 28.1 Å². The summed E-state index contributed by atoms with van der Waals surface area (Å²) >= 11 is 1.35. The highest BCUT2D eigenvalue weighted by atomic mass is 32.1. The summed E-state index contributed by atoms with van der Waals surface area (Å²) in [5.41, 5.74) is 9.45. The van der Waals surface area contributed by atoms with E-state index in [0.717, 1.165) is 28.6 Å². The number of nitrogens with zero attached hydrogens (tertiary/aromatic N) is 4. The summed E-state index contributed by atoms with van der Waals surface area (Å²) in [6, 6.07) is 18.4. The molecule has 2 amide bonds. The van der Waals surface area contributed by atoms with Crippen LogP contribution in [0.5, 0.6) is 0 Å². The Morgan fingerprint density at radius 2 is 1.95 bits per heavy atom. The summed E-state index contributed by atoms with van der Waals surface area (Å²) in [6.45, 7) is 1.10. The van der Waals surface area contributed by atoms with E-state index in [2.05, 4.69) is 25.9 Å². The Hall–Kier alpha value is -4.95. The number of nitriles is 1. The number of nitrogens with one attached hydrogen (secondary N) is 3. The third kappa shape index (κ3) is 5.81. The molecule has 0 saturated carbocycles. The van der Waals surface area contributed by atoms with E-state index < -0.39 is 11.9 Å². The number of primary amides is 1. The van der Waals surface area contributed by atoms with Gasteiger partial charge in [-0.15, -0.1) is 16.3 Å². The zero-order chi connectivity index (χ0) is 27.2. The lowest BCUT2D eigenvalue weighted by molar-refractivity contribution is -0.121. The monoisotopic (exact) mass is 538 g/mol. The molecular weight excluding hydrogens is 512 g/mol. The molecule has 0 radical (unpaired) electrons. The van der Waals surface area contributed by atoms with Crippen molar-refractivity contribution in [1.29, 1.82) is 5.26 Å². The third-order valence-electron chi connectivity index (χ3n) is 6.47. The van der Waals surface area contributed by atoms with E-state index in [1.165, 1.54) is 11.3 Å². The van der Waals surface area contributed by atoms with Crippen LogP contribution in [0.3, 0.4) is 0 Å². The van der Waals surface area contributed by atoms with Crippen LogP contribution in [0.25, 0.3) is 10.9 Å². The van der Waals surface area contributed by atoms with Gasteiger partial charge in [0.15, 0.2) is 0 Å². The summed E-state index contributed by atoms with van der Waals surface area (Å²) in [4.78, 5) is 35.6. The van der Waals surface area contributed by atoms with Gasteiger partial charge in [-0.3, -0.25) is 14.6 Å². The number of aliphatic imine (C=N–C) groups is 1. The molecule has 2 aromatic heterocycles. The molecule has 1 atom stereocenters. The van der Waals surface area contributed by atoms with Gasteiger partial charge in [-0.1, -0.05) is 24.3 Å². The number of hydrogen-bond acceptors (Lipinski definition) is 7. The molecule has 1 aliphatic rings. The fourth-order valence-electron chi connectivity index (χ4n) is 4.64. The van der Waals surface area contributed by atoms with Gasteiger partial charge in [0.25, 0.3) is 5.91 Å². The molecule has 1 fully saturated rings. The van der Waals surface area contributed by atoms with E-state index in [0.29, 0.717) is 35.8 Å².